The van der Waals surface area contributed by atoms with Gasteiger partial charge in [-0.05, 0) is 43.7 Å². The molecular weight excluding hydrogens is 358 g/mol. The quantitative estimate of drug-likeness (QED) is 0.530. The summed E-state index contributed by atoms with van der Waals surface area (Å²) < 4.78 is 5.60. The average Bonchev–Trinajstić information content (AvgIpc) is 2.93. The molecule has 4 amide bonds. The van der Waals surface area contributed by atoms with Crippen LogP contribution in [0.25, 0.3) is 0 Å². The predicted octanol–water partition coefficient (Wildman–Crippen LogP) is 2.46. The third kappa shape index (κ3) is 4.46. The highest BCUT2D eigenvalue weighted by molar-refractivity contribution is 6.09. The standard InChI is InChI=1S/C21H29N3O4/c1-16-9-5-6-12-21(16)19(26)24(20(27)23-21)15-18(25)22-13-7-8-14-28-17-10-3-2-4-11-17/h2-4,10-11,16H,5-9,12-15H2,1H3,(H,22,25)(H,23,27). The van der Waals surface area contributed by atoms with Crippen molar-refractivity contribution in [1.82, 2.24) is 15.5 Å². The number of nitrogens with one attached hydrogen (secondary N) is 2. The van der Waals surface area contributed by atoms with Crippen molar-refractivity contribution in [3.63, 3.8) is 0 Å². The van der Waals surface area contributed by atoms with Gasteiger partial charge in [-0.25, -0.2) is 4.79 Å². The minimum absolute atomic E-state index is 0.0929. The van der Waals surface area contributed by atoms with Crippen LogP contribution in [0.15, 0.2) is 30.3 Å². The molecule has 1 aromatic carbocycles. The molecule has 1 heterocycles. The van der Waals surface area contributed by atoms with Crippen LogP contribution >= 0.6 is 0 Å². The van der Waals surface area contributed by atoms with E-state index in [4.69, 9.17) is 4.74 Å². The van der Waals surface area contributed by atoms with E-state index in [1.54, 1.807) is 0 Å². The molecule has 7 heteroatoms. The molecule has 7 nitrogen and oxygen atoms in total. The van der Waals surface area contributed by atoms with Gasteiger partial charge in [-0.2, -0.15) is 0 Å². The van der Waals surface area contributed by atoms with Crippen LogP contribution in [-0.2, 0) is 9.59 Å². The number of urea groups is 1. The maximum Gasteiger partial charge on any atom is 0.325 e. The summed E-state index contributed by atoms with van der Waals surface area (Å²) in [7, 11) is 0. The number of hydrogen-bond donors (Lipinski definition) is 2. The molecule has 0 bridgehead atoms. The summed E-state index contributed by atoms with van der Waals surface area (Å²) in [5.74, 6) is 0.357. The predicted molar refractivity (Wildman–Crippen MR) is 105 cm³/mol. The lowest BCUT2D eigenvalue weighted by molar-refractivity contribution is -0.137. The normalized spacial score (nSPS) is 24.3. The number of carbonyl (C=O) groups is 3. The van der Waals surface area contributed by atoms with Gasteiger partial charge in [-0.1, -0.05) is 38.0 Å². The van der Waals surface area contributed by atoms with Crippen molar-refractivity contribution in [2.45, 2.75) is 51.0 Å². The number of amides is 4. The summed E-state index contributed by atoms with van der Waals surface area (Å²) in [4.78, 5) is 38.4. The van der Waals surface area contributed by atoms with E-state index in [0.29, 0.717) is 19.6 Å². The monoisotopic (exact) mass is 387 g/mol. The van der Waals surface area contributed by atoms with Crippen LogP contribution in [0.2, 0.25) is 0 Å². The molecule has 0 aromatic heterocycles. The molecule has 3 rings (SSSR count). The summed E-state index contributed by atoms with van der Waals surface area (Å²) in [6.45, 7) is 2.84. The average molecular weight is 387 g/mol. The van der Waals surface area contributed by atoms with Gasteiger partial charge in [0.2, 0.25) is 5.91 Å². The minimum atomic E-state index is -0.815. The summed E-state index contributed by atoms with van der Waals surface area (Å²) in [5.41, 5.74) is -0.815. The van der Waals surface area contributed by atoms with E-state index in [-0.39, 0.29) is 24.3 Å². The number of unbranched alkanes of at least 4 members (excludes halogenated alkanes) is 1. The van der Waals surface area contributed by atoms with E-state index in [2.05, 4.69) is 10.6 Å². The zero-order chi connectivity index (χ0) is 20.0. The van der Waals surface area contributed by atoms with Crippen LogP contribution in [0.3, 0.4) is 0 Å². The Morgan fingerprint density at radius 1 is 1.25 bits per heavy atom. The van der Waals surface area contributed by atoms with Crippen LogP contribution in [0, 0.1) is 5.92 Å². The van der Waals surface area contributed by atoms with E-state index in [0.717, 1.165) is 42.8 Å². The Balaban J connectivity index is 1.37. The zero-order valence-corrected chi connectivity index (χ0v) is 16.4. The second-order valence-electron chi connectivity index (χ2n) is 7.66. The lowest BCUT2D eigenvalue weighted by Crippen LogP contribution is -2.54. The van der Waals surface area contributed by atoms with Gasteiger partial charge < -0.3 is 15.4 Å². The fraction of sp³-hybridized carbons (Fsp3) is 0.571. The molecule has 1 saturated carbocycles. The highest BCUT2D eigenvalue weighted by atomic mass is 16.5. The molecule has 2 aliphatic rings. The van der Waals surface area contributed by atoms with Gasteiger partial charge in [0.1, 0.15) is 17.8 Å². The van der Waals surface area contributed by atoms with Crippen molar-refractivity contribution in [3.05, 3.63) is 30.3 Å². The Morgan fingerprint density at radius 2 is 2.04 bits per heavy atom. The number of ether oxygens (including phenoxy) is 1. The van der Waals surface area contributed by atoms with Crippen LogP contribution in [0.1, 0.15) is 45.4 Å². The van der Waals surface area contributed by atoms with Crippen LogP contribution < -0.4 is 15.4 Å². The first-order chi connectivity index (χ1) is 13.5. The fourth-order valence-corrected chi connectivity index (χ4v) is 4.00. The Kier molecular flexibility index (Phi) is 6.54. The molecule has 1 spiro atoms. The van der Waals surface area contributed by atoms with Gasteiger partial charge in [-0.3, -0.25) is 14.5 Å². The number of carbonyl (C=O) groups excluding carboxylic acids is 3. The van der Waals surface area contributed by atoms with Crippen molar-refractivity contribution in [2.75, 3.05) is 19.7 Å². The first-order valence-electron chi connectivity index (χ1n) is 10.1. The van der Waals surface area contributed by atoms with Crippen molar-refractivity contribution in [1.29, 1.82) is 0 Å². The van der Waals surface area contributed by atoms with Gasteiger partial charge in [0.25, 0.3) is 5.91 Å². The summed E-state index contributed by atoms with van der Waals surface area (Å²) in [5, 5.41) is 5.65. The first kappa shape index (κ1) is 20.2. The number of nitrogens with zero attached hydrogens (tertiary/aromatic N) is 1. The third-order valence-electron chi connectivity index (χ3n) is 5.71. The molecule has 1 aliphatic carbocycles. The van der Waals surface area contributed by atoms with Crippen molar-refractivity contribution < 1.29 is 19.1 Å². The van der Waals surface area contributed by atoms with Gasteiger partial charge in [0.15, 0.2) is 0 Å². The highest BCUT2D eigenvalue weighted by Gasteiger charge is 2.55. The first-order valence-corrected chi connectivity index (χ1v) is 10.1. The summed E-state index contributed by atoms with van der Waals surface area (Å²) in [6, 6.07) is 9.13. The van der Waals surface area contributed by atoms with E-state index >= 15 is 0 Å². The Bertz CT molecular complexity index is 709. The molecule has 1 saturated heterocycles. The van der Waals surface area contributed by atoms with Gasteiger partial charge in [0.05, 0.1) is 6.61 Å². The molecule has 2 N–H and O–H groups in total. The third-order valence-corrected chi connectivity index (χ3v) is 5.71. The number of benzene rings is 1. The second-order valence-corrected chi connectivity index (χ2v) is 7.66. The molecule has 2 unspecified atom stereocenters. The van der Waals surface area contributed by atoms with Crippen molar-refractivity contribution in [3.8, 4) is 5.75 Å². The summed E-state index contributed by atoms with van der Waals surface area (Å²) in [6.07, 6.45) is 5.12. The number of imide groups is 1. The lowest BCUT2D eigenvalue weighted by atomic mass is 9.73. The summed E-state index contributed by atoms with van der Waals surface area (Å²) >= 11 is 0. The van der Waals surface area contributed by atoms with Crippen LogP contribution in [0.5, 0.6) is 5.75 Å². The Hall–Kier alpha value is -2.57. The molecule has 1 aliphatic heterocycles. The van der Waals surface area contributed by atoms with Crippen LogP contribution in [0.4, 0.5) is 4.79 Å². The molecular formula is C21H29N3O4. The smallest absolute Gasteiger partial charge is 0.325 e. The largest absolute Gasteiger partial charge is 0.494 e. The Labute approximate surface area is 165 Å². The maximum atomic E-state index is 12.8. The SMILES string of the molecule is CC1CCCCC12NC(=O)N(CC(=O)NCCCCOc1ccccc1)C2=O. The van der Waals surface area contributed by atoms with Gasteiger partial charge in [0, 0.05) is 6.54 Å². The second kappa shape index (κ2) is 9.08. The maximum absolute atomic E-state index is 12.8. The van der Waals surface area contributed by atoms with E-state index in [1.807, 2.05) is 37.3 Å². The van der Waals surface area contributed by atoms with E-state index in [9.17, 15) is 14.4 Å². The number of rotatable bonds is 8. The molecule has 2 fully saturated rings. The fourth-order valence-electron chi connectivity index (χ4n) is 4.00. The van der Waals surface area contributed by atoms with Crippen molar-refractivity contribution >= 4 is 17.8 Å². The van der Waals surface area contributed by atoms with E-state index in [1.165, 1.54) is 0 Å². The topological polar surface area (TPSA) is 87.7 Å². The minimum Gasteiger partial charge on any atom is -0.494 e. The molecule has 1 aromatic rings. The lowest BCUT2D eigenvalue weighted by Gasteiger charge is -2.36. The van der Waals surface area contributed by atoms with Crippen molar-refractivity contribution in [2.24, 2.45) is 5.92 Å². The molecule has 0 radical (unpaired) electrons. The zero-order valence-electron chi connectivity index (χ0n) is 16.4. The molecule has 152 valence electrons. The molecule has 2 atom stereocenters. The Morgan fingerprint density at radius 3 is 2.79 bits per heavy atom. The van der Waals surface area contributed by atoms with Crippen LogP contribution in [-0.4, -0.2) is 48.0 Å². The highest BCUT2D eigenvalue weighted by Crippen LogP contribution is 2.38. The van der Waals surface area contributed by atoms with Gasteiger partial charge in [-0.15, -0.1) is 0 Å². The van der Waals surface area contributed by atoms with E-state index < -0.39 is 11.6 Å². The number of hydrogen-bond acceptors (Lipinski definition) is 4. The number of para-hydroxylation sites is 1. The molecule has 28 heavy (non-hydrogen) atoms. The van der Waals surface area contributed by atoms with Gasteiger partial charge >= 0.3 is 6.03 Å².